The van der Waals surface area contributed by atoms with Gasteiger partial charge in [-0.3, -0.25) is 4.79 Å². The van der Waals surface area contributed by atoms with Crippen molar-refractivity contribution in [3.8, 4) is 0 Å². The van der Waals surface area contributed by atoms with Gasteiger partial charge in [-0.05, 0) is 43.1 Å². The molecule has 2 aromatic rings. The maximum absolute atomic E-state index is 12.0. The zero-order valence-electron chi connectivity index (χ0n) is 13.7. The normalized spacial score (nSPS) is 12.0. The monoisotopic (exact) mass is 364 g/mol. The van der Waals surface area contributed by atoms with E-state index >= 15 is 0 Å². The van der Waals surface area contributed by atoms with Crippen LogP contribution < -0.4 is 10.6 Å². The van der Waals surface area contributed by atoms with Crippen LogP contribution in [-0.2, 0) is 11.2 Å². The Balaban J connectivity index is 1.64. The van der Waals surface area contributed by atoms with Crippen LogP contribution in [-0.4, -0.2) is 19.0 Å². The lowest BCUT2D eigenvalue weighted by molar-refractivity contribution is -0.121. The second-order valence-electron chi connectivity index (χ2n) is 5.69. The molecule has 24 heavy (non-hydrogen) atoms. The van der Waals surface area contributed by atoms with E-state index in [4.69, 9.17) is 23.2 Å². The maximum atomic E-state index is 12.0. The molecule has 0 aliphatic rings. The SMILES string of the molecule is CC(NC(=O)CCNCCc1ccc(Cl)cc1Cl)c1ccccc1. The molecule has 0 spiro atoms. The first kappa shape index (κ1) is 18.8. The van der Waals surface area contributed by atoms with Crippen LogP contribution in [0.5, 0.6) is 0 Å². The summed E-state index contributed by atoms with van der Waals surface area (Å²) < 4.78 is 0. The lowest BCUT2D eigenvalue weighted by atomic mass is 10.1. The summed E-state index contributed by atoms with van der Waals surface area (Å²) in [4.78, 5) is 12.0. The molecule has 0 saturated heterocycles. The second-order valence-corrected chi connectivity index (χ2v) is 6.53. The topological polar surface area (TPSA) is 41.1 Å². The van der Waals surface area contributed by atoms with Crippen LogP contribution in [0.3, 0.4) is 0 Å². The molecule has 1 atom stereocenters. The van der Waals surface area contributed by atoms with Crippen molar-refractivity contribution in [2.45, 2.75) is 25.8 Å². The van der Waals surface area contributed by atoms with Crippen molar-refractivity contribution >= 4 is 29.1 Å². The van der Waals surface area contributed by atoms with E-state index in [0.29, 0.717) is 23.0 Å². The van der Waals surface area contributed by atoms with Gasteiger partial charge in [0.2, 0.25) is 5.91 Å². The number of halogens is 2. The van der Waals surface area contributed by atoms with Gasteiger partial charge in [0, 0.05) is 23.0 Å². The Labute approximate surface area is 153 Å². The van der Waals surface area contributed by atoms with E-state index in [-0.39, 0.29) is 11.9 Å². The van der Waals surface area contributed by atoms with E-state index < -0.39 is 0 Å². The Hall–Kier alpha value is -1.55. The van der Waals surface area contributed by atoms with Gasteiger partial charge in [0.15, 0.2) is 0 Å². The zero-order chi connectivity index (χ0) is 17.4. The molecule has 0 aromatic heterocycles. The van der Waals surface area contributed by atoms with E-state index in [1.165, 1.54) is 0 Å². The van der Waals surface area contributed by atoms with Crippen molar-refractivity contribution in [2.75, 3.05) is 13.1 Å². The molecule has 2 rings (SSSR count). The average molecular weight is 365 g/mol. The van der Waals surface area contributed by atoms with Crippen LogP contribution in [0.4, 0.5) is 0 Å². The maximum Gasteiger partial charge on any atom is 0.221 e. The lowest BCUT2D eigenvalue weighted by Gasteiger charge is -2.14. The van der Waals surface area contributed by atoms with Crippen LogP contribution in [0, 0.1) is 0 Å². The Morgan fingerprint density at radius 2 is 1.83 bits per heavy atom. The van der Waals surface area contributed by atoms with E-state index in [0.717, 1.165) is 24.1 Å². The van der Waals surface area contributed by atoms with Gasteiger partial charge in [-0.1, -0.05) is 59.6 Å². The summed E-state index contributed by atoms with van der Waals surface area (Å²) in [7, 11) is 0. The minimum absolute atomic E-state index is 0.0200. The largest absolute Gasteiger partial charge is 0.350 e. The highest BCUT2D eigenvalue weighted by Gasteiger charge is 2.08. The van der Waals surface area contributed by atoms with Gasteiger partial charge < -0.3 is 10.6 Å². The highest BCUT2D eigenvalue weighted by molar-refractivity contribution is 6.35. The molecular weight excluding hydrogens is 343 g/mol. The molecule has 0 aliphatic heterocycles. The molecule has 0 heterocycles. The van der Waals surface area contributed by atoms with Gasteiger partial charge >= 0.3 is 0 Å². The highest BCUT2D eigenvalue weighted by atomic mass is 35.5. The fourth-order valence-electron chi connectivity index (χ4n) is 2.41. The predicted octanol–water partition coefficient (Wildman–Crippen LogP) is 4.39. The summed E-state index contributed by atoms with van der Waals surface area (Å²) in [5.74, 6) is 0.0448. The summed E-state index contributed by atoms with van der Waals surface area (Å²) in [5, 5.41) is 7.59. The number of amides is 1. The van der Waals surface area contributed by atoms with Gasteiger partial charge in [0.05, 0.1) is 6.04 Å². The summed E-state index contributed by atoms with van der Waals surface area (Å²) >= 11 is 12.0. The second kappa shape index (κ2) is 9.67. The first-order valence-electron chi connectivity index (χ1n) is 8.05. The number of carbonyl (C=O) groups is 1. The van der Waals surface area contributed by atoms with Gasteiger partial charge in [-0.25, -0.2) is 0 Å². The Kier molecular flexibility index (Phi) is 7.57. The first-order valence-corrected chi connectivity index (χ1v) is 8.81. The summed E-state index contributed by atoms with van der Waals surface area (Å²) in [5.41, 5.74) is 2.16. The third-order valence-corrected chi connectivity index (χ3v) is 4.38. The standard InChI is InChI=1S/C19H22Cl2N2O/c1-14(15-5-3-2-4-6-15)23-19(24)10-12-22-11-9-16-7-8-17(20)13-18(16)21/h2-8,13-14,22H,9-12H2,1H3,(H,23,24). The van der Waals surface area contributed by atoms with Crippen LogP contribution in [0.25, 0.3) is 0 Å². The molecule has 1 amide bonds. The van der Waals surface area contributed by atoms with E-state index in [2.05, 4.69) is 10.6 Å². The number of hydrogen-bond donors (Lipinski definition) is 2. The minimum atomic E-state index is 0.0200. The third-order valence-electron chi connectivity index (χ3n) is 3.79. The van der Waals surface area contributed by atoms with Crippen molar-refractivity contribution in [1.82, 2.24) is 10.6 Å². The molecule has 0 fully saturated rings. The smallest absolute Gasteiger partial charge is 0.221 e. The molecule has 2 N–H and O–H groups in total. The number of rotatable bonds is 8. The zero-order valence-corrected chi connectivity index (χ0v) is 15.2. The van der Waals surface area contributed by atoms with E-state index in [1.54, 1.807) is 6.07 Å². The first-order chi connectivity index (χ1) is 11.6. The molecule has 3 nitrogen and oxygen atoms in total. The fourth-order valence-corrected chi connectivity index (χ4v) is 2.92. The Bertz CT molecular complexity index is 662. The Morgan fingerprint density at radius 1 is 1.08 bits per heavy atom. The molecule has 1 unspecified atom stereocenters. The number of nitrogens with one attached hydrogen (secondary N) is 2. The Morgan fingerprint density at radius 3 is 2.54 bits per heavy atom. The van der Waals surface area contributed by atoms with Crippen LogP contribution in [0.1, 0.15) is 30.5 Å². The molecule has 128 valence electrons. The minimum Gasteiger partial charge on any atom is -0.350 e. The lowest BCUT2D eigenvalue weighted by Crippen LogP contribution is -2.30. The molecule has 0 saturated carbocycles. The number of carbonyl (C=O) groups excluding carboxylic acids is 1. The van der Waals surface area contributed by atoms with Gasteiger partial charge in [-0.2, -0.15) is 0 Å². The van der Waals surface area contributed by atoms with Crippen LogP contribution in [0.2, 0.25) is 10.0 Å². The van der Waals surface area contributed by atoms with Crippen molar-refractivity contribution in [3.63, 3.8) is 0 Å². The third kappa shape index (κ3) is 6.16. The molecular formula is C19H22Cl2N2O. The molecule has 0 bridgehead atoms. The summed E-state index contributed by atoms with van der Waals surface area (Å²) in [6, 6.07) is 15.5. The van der Waals surface area contributed by atoms with E-state index in [1.807, 2.05) is 49.4 Å². The quantitative estimate of drug-likeness (QED) is 0.681. The average Bonchev–Trinajstić information content (AvgIpc) is 2.57. The van der Waals surface area contributed by atoms with Gasteiger partial charge in [0.25, 0.3) is 0 Å². The molecule has 0 aliphatic carbocycles. The van der Waals surface area contributed by atoms with Crippen molar-refractivity contribution in [3.05, 3.63) is 69.7 Å². The predicted molar refractivity (Wildman–Crippen MR) is 101 cm³/mol. The number of hydrogen-bond acceptors (Lipinski definition) is 2. The van der Waals surface area contributed by atoms with Crippen LogP contribution >= 0.6 is 23.2 Å². The molecule has 5 heteroatoms. The summed E-state index contributed by atoms with van der Waals surface area (Å²) in [6.07, 6.45) is 1.25. The van der Waals surface area contributed by atoms with Crippen LogP contribution in [0.15, 0.2) is 48.5 Å². The van der Waals surface area contributed by atoms with E-state index in [9.17, 15) is 4.79 Å². The van der Waals surface area contributed by atoms with Gasteiger partial charge in [0.1, 0.15) is 0 Å². The molecule has 0 radical (unpaired) electrons. The fraction of sp³-hybridized carbons (Fsp3) is 0.316. The van der Waals surface area contributed by atoms with Crippen molar-refractivity contribution in [1.29, 1.82) is 0 Å². The summed E-state index contributed by atoms with van der Waals surface area (Å²) in [6.45, 7) is 3.39. The number of benzene rings is 2. The van der Waals surface area contributed by atoms with Gasteiger partial charge in [-0.15, -0.1) is 0 Å². The van der Waals surface area contributed by atoms with Crippen molar-refractivity contribution < 1.29 is 4.79 Å². The highest BCUT2D eigenvalue weighted by Crippen LogP contribution is 2.21. The molecule has 2 aromatic carbocycles. The van der Waals surface area contributed by atoms with Crippen molar-refractivity contribution in [2.24, 2.45) is 0 Å².